The third-order valence-corrected chi connectivity index (χ3v) is 5.12. The zero-order valence-electron chi connectivity index (χ0n) is 18.0. The standard InChI is InChI=1S/C26H24O5/c1-16-6-5-7-18(12-16)15-30-26-24(27)20-10-8-17(2)13-22(20)31-25(26)19-9-11-21(28-3)23(14-19)29-4/h5-14H,15H2,1-4H3. The quantitative estimate of drug-likeness (QED) is 0.405. The Labute approximate surface area is 180 Å². The SMILES string of the molecule is COc1ccc(-c2oc3cc(C)ccc3c(=O)c2OCc2cccc(C)c2)cc1OC. The van der Waals surface area contributed by atoms with Gasteiger partial charge in [-0.05, 0) is 55.3 Å². The minimum atomic E-state index is -0.210. The molecular weight excluding hydrogens is 392 g/mol. The van der Waals surface area contributed by atoms with Gasteiger partial charge in [0, 0.05) is 5.56 Å². The van der Waals surface area contributed by atoms with Gasteiger partial charge in [-0.15, -0.1) is 0 Å². The van der Waals surface area contributed by atoms with E-state index >= 15 is 0 Å². The van der Waals surface area contributed by atoms with Gasteiger partial charge < -0.3 is 18.6 Å². The predicted molar refractivity (Wildman–Crippen MR) is 121 cm³/mol. The summed E-state index contributed by atoms with van der Waals surface area (Å²) in [4.78, 5) is 13.4. The summed E-state index contributed by atoms with van der Waals surface area (Å²) in [6, 6.07) is 18.9. The zero-order valence-corrected chi connectivity index (χ0v) is 18.0. The molecule has 0 saturated heterocycles. The Hall–Kier alpha value is -3.73. The molecular formula is C26H24O5. The molecule has 3 aromatic carbocycles. The van der Waals surface area contributed by atoms with E-state index in [9.17, 15) is 4.79 Å². The molecule has 31 heavy (non-hydrogen) atoms. The largest absolute Gasteiger partial charge is 0.493 e. The lowest BCUT2D eigenvalue weighted by molar-refractivity contribution is 0.297. The molecule has 0 bridgehead atoms. The van der Waals surface area contributed by atoms with Crippen molar-refractivity contribution in [3.63, 3.8) is 0 Å². The van der Waals surface area contributed by atoms with Crippen molar-refractivity contribution >= 4 is 11.0 Å². The number of ether oxygens (including phenoxy) is 3. The highest BCUT2D eigenvalue weighted by atomic mass is 16.5. The van der Waals surface area contributed by atoms with E-state index in [-0.39, 0.29) is 17.8 Å². The van der Waals surface area contributed by atoms with Crippen LogP contribution in [0.5, 0.6) is 17.2 Å². The number of methoxy groups -OCH3 is 2. The summed E-state index contributed by atoms with van der Waals surface area (Å²) in [5.41, 5.74) is 4.07. The van der Waals surface area contributed by atoms with Gasteiger partial charge in [0.05, 0.1) is 19.6 Å². The fourth-order valence-corrected chi connectivity index (χ4v) is 3.54. The van der Waals surface area contributed by atoms with Gasteiger partial charge >= 0.3 is 0 Å². The minimum absolute atomic E-state index is 0.171. The second kappa shape index (κ2) is 8.56. The molecule has 0 amide bonds. The minimum Gasteiger partial charge on any atom is -0.493 e. The van der Waals surface area contributed by atoms with Crippen LogP contribution in [0.3, 0.4) is 0 Å². The van der Waals surface area contributed by atoms with Crippen LogP contribution in [0, 0.1) is 13.8 Å². The average molecular weight is 416 g/mol. The number of hydrogen-bond acceptors (Lipinski definition) is 5. The summed E-state index contributed by atoms with van der Waals surface area (Å²) in [5, 5.41) is 0.481. The van der Waals surface area contributed by atoms with Crippen LogP contribution < -0.4 is 19.6 Å². The molecule has 0 N–H and O–H groups in total. The maximum absolute atomic E-state index is 13.4. The Morgan fingerprint density at radius 2 is 1.61 bits per heavy atom. The molecule has 4 aromatic rings. The molecule has 0 radical (unpaired) electrons. The van der Waals surface area contributed by atoms with Crippen molar-refractivity contribution < 1.29 is 18.6 Å². The predicted octanol–water partition coefficient (Wildman–Crippen LogP) is 5.67. The summed E-state index contributed by atoms with van der Waals surface area (Å²) in [6.45, 7) is 4.23. The number of rotatable bonds is 6. The highest BCUT2D eigenvalue weighted by Gasteiger charge is 2.19. The summed E-state index contributed by atoms with van der Waals surface area (Å²) in [7, 11) is 3.14. The van der Waals surface area contributed by atoms with E-state index in [1.807, 2.05) is 56.3 Å². The molecule has 5 nitrogen and oxygen atoms in total. The van der Waals surface area contributed by atoms with Crippen molar-refractivity contribution in [1.29, 1.82) is 0 Å². The summed E-state index contributed by atoms with van der Waals surface area (Å²) in [5.74, 6) is 1.66. The van der Waals surface area contributed by atoms with Gasteiger partial charge in [-0.2, -0.15) is 0 Å². The van der Waals surface area contributed by atoms with Crippen LogP contribution in [0.1, 0.15) is 16.7 Å². The highest BCUT2D eigenvalue weighted by Crippen LogP contribution is 2.37. The maximum atomic E-state index is 13.4. The Balaban J connectivity index is 1.87. The van der Waals surface area contributed by atoms with Gasteiger partial charge in [0.2, 0.25) is 11.2 Å². The van der Waals surface area contributed by atoms with E-state index in [0.717, 1.165) is 16.7 Å². The Bertz CT molecular complexity index is 1300. The van der Waals surface area contributed by atoms with Gasteiger partial charge in [-0.3, -0.25) is 4.79 Å². The lowest BCUT2D eigenvalue weighted by Crippen LogP contribution is -2.10. The van der Waals surface area contributed by atoms with E-state index in [4.69, 9.17) is 18.6 Å². The summed E-state index contributed by atoms with van der Waals surface area (Å²) in [6.07, 6.45) is 0. The number of fused-ring (bicyclic) bond motifs is 1. The fraction of sp³-hybridized carbons (Fsp3) is 0.192. The van der Waals surface area contributed by atoms with Crippen LogP contribution >= 0.6 is 0 Å². The monoisotopic (exact) mass is 416 g/mol. The van der Waals surface area contributed by atoms with Crippen LogP contribution in [-0.2, 0) is 6.61 Å². The van der Waals surface area contributed by atoms with Crippen molar-refractivity contribution in [3.05, 3.63) is 87.6 Å². The number of hydrogen-bond donors (Lipinski definition) is 0. The first-order valence-corrected chi connectivity index (χ1v) is 9.98. The first-order valence-electron chi connectivity index (χ1n) is 9.98. The molecule has 0 unspecified atom stereocenters. The maximum Gasteiger partial charge on any atom is 0.235 e. The van der Waals surface area contributed by atoms with E-state index in [1.54, 1.807) is 32.4 Å². The van der Waals surface area contributed by atoms with E-state index in [2.05, 4.69) is 0 Å². The third kappa shape index (κ3) is 4.12. The van der Waals surface area contributed by atoms with Crippen LogP contribution in [0.25, 0.3) is 22.3 Å². The third-order valence-electron chi connectivity index (χ3n) is 5.12. The number of aryl methyl sites for hydroxylation is 2. The van der Waals surface area contributed by atoms with Gasteiger partial charge in [-0.25, -0.2) is 0 Å². The van der Waals surface area contributed by atoms with Crippen LogP contribution in [0.2, 0.25) is 0 Å². The van der Waals surface area contributed by atoms with Gasteiger partial charge in [0.25, 0.3) is 0 Å². The highest BCUT2D eigenvalue weighted by molar-refractivity contribution is 5.83. The molecule has 0 spiro atoms. The van der Waals surface area contributed by atoms with Crippen molar-refractivity contribution in [1.82, 2.24) is 0 Å². The van der Waals surface area contributed by atoms with E-state index < -0.39 is 0 Å². The van der Waals surface area contributed by atoms with Gasteiger partial charge in [0.15, 0.2) is 17.3 Å². The second-order valence-electron chi connectivity index (χ2n) is 7.44. The molecule has 4 rings (SSSR count). The molecule has 158 valence electrons. The van der Waals surface area contributed by atoms with Crippen molar-refractivity contribution in [2.45, 2.75) is 20.5 Å². The first-order chi connectivity index (χ1) is 15.0. The smallest absolute Gasteiger partial charge is 0.235 e. The molecule has 5 heteroatoms. The Morgan fingerprint density at radius 3 is 2.35 bits per heavy atom. The lowest BCUT2D eigenvalue weighted by Gasteiger charge is -2.14. The average Bonchev–Trinajstić information content (AvgIpc) is 2.77. The van der Waals surface area contributed by atoms with E-state index in [0.29, 0.717) is 33.8 Å². The topological polar surface area (TPSA) is 57.9 Å². The normalized spacial score (nSPS) is 10.8. The van der Waals surface area contributed by atoms with Gasteiger partial charge in [-0.1, -0.05) is 35.9 Å². The first kappa shape index (κ1) is 20.5. The van der Waals surface area contributed by atoms with Crippen molar-refractivity contribution in [2.24, 2.45) is 0 Å². The van der Waals surface area contributed by atoms with Crippen molar-refractivity contribution in [2.75, 3.05) is 14.2 Å². The molecule has 0 aliphatic carbocycles. The zero-order chi connectivity index (χ0) is 22.0. The Kier molecular flexibility index (Phi) is 5.67. The molecule has 1 aromatic heterocycles. The summed E-state index contributed by atoms with van der Waals surface area (Å²) >= 11 is 0. The Morgan fingerprint density at radius 1 is 0.839 bits per heavy atom. The molecule has 0 atom stereocenters. The molecule has 0 saturated carbocycles. The molecule has 0 fully saturated rings. The van der Waals surface area contributed by atoms with Crippen LogP contribution in [0.15, 0.2) is 69.9 Å². The molecule has 1 heterocycles. The summed E-state index contributed by atoms with van der Waals surface area (Å²) < 4.78 is 23.0. The second-order valence-corrected chi connectivity index (χ2v) is 7.44. The van der Waals surface area contributed by atoms with Crippen molar-refractivity contribution in [3.8, 4) is 28.6 Å². The molecule has 0 aliphatic heterocycles. The molecule has 0 aliphatic rings. The lowest BCUT2D eigenvalue weighted by atomic mass is 10.1. The fourth-order valence-electron chi connectivity index (χ4n) is 3.54. The van der Waals surface area contributed by atoms with E-state index in [1.165, 1.54) is 0 Å². The number of benzene rings is 3. The van der Waals surface area contributed by atoms with Gasteiger partial charge in [0.1, 0.15) is 12.2 Å². The van der Waals surface area contributed by atoms with Crippen LogP contribution in [0.4, 0.5) is 0 Å². The van der Waals surface area contributed by atoms with Crippen LogP contribution in [-0.4, -0.2) is 14.2 Å².